The highest BCUT2D eigenvalue weighted by molar-refractivity contribution is 5.95. The zero-order chi connectivity index (χ0) is 17.6. The van der Waals surface area contributed by atoms with Gasteiger partial charge in [0.05, 0.1) is 20.4 Å². The third kappa shape index (κ3) is 4.46. The predicted molar refractivity (Wildman–Crippen MR) is 93.7 cm³/mol. The minimum Gasteiger partial charge on any atom is -1.00 e. The molecular weight excluding hydrogens is 396 g/mol. The topological polar surface area (TPSA) is 52.3 Å². The Labute approximate surface area is 163 Å². The van der Waals surface area contributed by atoms with E-state index in [1.54, 1.807) is 43.3 Å². The van der Waals surface area contributed by atoms with Gasteiger partial charge in [0.15, 0.2) is 23.7 Å². The maximum atomic E-state index is 12.5. The summed E-state index contributed by atoms with van der Waals surface area (Å²) in [5.74, 6) is 1.11. The van der Waals surface area contributed by atoms with E-state index < -0.39 is 0 Å². The summed E-state index contributed by atoms with van der Waals surface area (Å²) in [5, 5.41) is 0. The number of hydrogen-bond donors (Lipinski definition) is 0. The summed E-state index contributed by atoms with van der Waals surface area (Å²) in [5.41, 5.74) is 2.48. The van der Waals surface area contributed by atoms with Crippen LogP contribution >= 0.6 is 0 Å². The van der Waals surface area contributed by atoms with Crippen LogP contribution in [-0.2, 0) is 6.54 Å². The summed E-state index contributed by atoms with van der Waals surface area (Å²) in [4.78, 5) is 16.9. The highest BCUT2D eigenvalue weighted by atomic mass is 79.9. The number of ketones is 1. The second kappa shape index (κ2) is 9.10. The van der Waals surface area contributed by atoms with Crippen molar-refractivity contribution in [3.05, 3.63) is 72.7 Å². The SMILES string of the molecule is COc1ccc(C(=O)C[n+]2ccc(-c3ccccc3)nc2)cc1OC.[Br-]. The van der Waals surface area contributed by atoms with Crippen LogP contribution < -0.4 is 31.0 Å². The summed E-state index contributed by atoms with van der Waals surface area (Å²) in [7, 11) is 3.11. The Bertz CT molecular complexity index is 868. The molecule has 0 atom stereocenters. The average Bonchev–Trinajstić information content (AvgIpc) is 2.68. The van der Waals surface area contributed by atoms with Crippen molar-refractivity contribution in [1.82, 2.24) is 4.98 Å². The van der Waals surface area contributed by atoms with E-state index in [-0.39, 0.29) is 29.3 Å². The van der Waals surface area contributed by atoms with Crippen molar-refractivity contribution < 1.29 is 35.8 Å². The first-order valence-corrected chi connectivity index (χ1v) is 7.87. The molecule has 0 fully saturated rings. The fraction of sp³-hybridized carbons (Fsp3) is 0.150. The number of carbonyl (C=O) groups excluding carboxylic acids is 1. The summed E-state index contributed by atoms with van der Waals surface area (Å²) >= 11 is 0. The van der Waals surface area contributed by atoms with Crippen LogP contribution in [0.25, 0.3) is 11.3 Å². The molecule has 0 spiro atoms. The molecule has 26 heavy (non-hydrogen) atoms. The van der Waals surface area contributed by atoms with E-state index in [0.717, 1.165) is 11.3 Å². The summed E-state index contributed by atoms with van der Waals surface area (Å²) in [6.07, 6.45) is 3.52. The first-order valence-electron chi connectivity index (χ1n) is 7.87. The monoisotopic (exact) mass is 414 g/mol. The molecule has 0 saturated heterocycles. The van der Waals surface area contributed by atoms with Crippen molar-refractivity contribution in [2.45, 2.75) is 6.54 Å². The van der Waals surface area contributed by atoms with Gasteiger partial charge >= 0.3 is 0 Å². The van der Waals surface area contributed by atoms with Gasteiger partial charge in [-0.05, 0) is 23.2 Å². The van der Waals surface area contributed by atoms with E-state index in [0.29, 0.717) is 17.1 Å². The number of benzene rings is 2. The van der Waals surface area contributed by atoms with Gasteiger partial charge in [-0.25, -0.2) is 4.57 Å². The lowest BCUT2D eigenvalue weighted by molar-refractivity contribution is -0.686. The molecule has 0 amide bonds. The standard InChI is InChI=1S/C20H19N2O3.BrH/c1-24-19-9-8-16(12-20(19)25-2)18(23)13-22-11-10-17(21-14-22)15-6-4-3-5-7-15;/h3-12,14H,13H2,1-2H3;1H/q+1;/p-1. The number of rotatable bonds is 6. The molecule has 5 nitrogen and oxygen atoms in total. The van der Waals surface area contributed by atoms with Crippen LogP contribution in [0, 0.1) is 0 Å². The predicted octanol–water partition coefficient (Wildman–Crippen LogP) is -0.0598. The van der Waals surface area contributed by atoms with Crippen LogP contribution in [0.3, 0.4) is 0 Å². The molecule has 0 bridgehead atoms. The molecule has 0 radical (unpaired) electrons. The number of Topliss-reactive ketones (excluding diaryl/α,β-unsaturated/α-hetero) is 1. The van der Waals surface area contributed by atoms with Crippen molar-refractivity contribution in [1.29, 1.82) is 0 Å². The van der Waals surface area contributed by atoms with Crippen molar-refractivity contribution in [2.24, 2.45) is 0 Å². The fourth-order valence-corrected chi connectivity index (χ4v) is 2.52. The lowest BCUT2D eigenvalue weighted by Crippen LogP contribution is -3.00. The van der Waals surface area contributed by atoms with Crippen LogP contribution in [0.1, 0.15) is 10.4 Å². The van der Waals surface area contributed by atoms with Crippen LogP contribution in [0.4, 0.5) is 0 Å². The highest BCUT2D eigenvalue weighted by Gasteiger charge is 2.14. The number of aromatic nitrogens is 2. The van der Waals surface area contributed by atoms with E-state index in [1.807, 2.05) is 42.6 Å². The number of ether oxygens (including phenoxy) is 2. The fourth-order valence-electron chi connectivity index (χ4n) is 2.52. The number of hydrogen-bond acceptors (Lipinski definition) is 4. The first kappa shape index (κ1) is 19.6. The maximum Gasteiger partial charge on any atom is 0.287 e. The molecular formula is C20H19BrN2O3. The van der Waals surface area contributed by atoms with Gasteiger partial charge in [0.1, 0.15) is 0 Å². The number of carbonyl (C=O) groups is 1. The Morgan fingerprint density at radius 2 is 1.73 bits per heavy atom. The third-order valence-electron chi connectivity index (χ3n) is 3.87. The van der Waals surface area contributed by atoms with Gasteiger partial charge in [-0.15, -0.1) is 0 Å². The molecule has 6 heteroatoms. The van der Waals surface area contributed by atoms with Crippen molar-refractivity contribution in [2.75, 3.05) is 14.2 Å². The lowest BCUT2D eigenvalue weighted by atomic mass is 10.1. The molecule has 3 aromatic rings. The molecule has 1 heterocycles. The van der Waals surface area contributed by atoms with Gasteiger partial charge < -0.3 is 26.5 Å². The minimum absolute atomic E-state index is 0. The van der Waals surface area contributed by atoms with E-state index in [9.17, 15) is 4.79 Å². The molecule has 3 rings (SSSR count). The normalized spacial score (nSPS) is 9.92. The first-order chi connectivity index (χ1) is 12.2. The van der Waals surface area contributed by atoms with E-state index >= 15 is 0 Å². The van der Waals surface area contributed by atoms with Crippen molar-refractivity contribution in [3.63, 3.8) is 0 Å². The lowest BCUT2D eigenvalue weighted by Gasteiger charge is -2.08. The highest BCUT2D eigenvalue weighted by Crippen LogP contribution is 2.27. The summed E-state index contributed by atoms with van der Waals surface area (Å²) < 4.78 is 12.2. The molecule has 0 aliphatic heterocycles. The minimum atomic E-state index is -0.0276. The quantitative estimate of drug-likeness (QED) is 0.418. The molecule has 134 valence electrons. The molecule has 0 saturated carbocycles. The number of nitrogens with zero attached hydrogens (tertiary/aromatic N) is 2. The van der Waals surface area contributed by atoms with Gasteiger partial charge in [-0.3, -0.25) is 4.79 Å². The van der Waals surface area contributed by atoms with Gasteiger partial charge in [0.25, 0.3) is 6.33 Å². The van der Waals surface area contributed by atoms with E-state index in [1.165, 1.54) is 0 Å². The Morgan fingerprint density at radius 3 is 2.35 bits per heavy atom. The zero-order valence-electron chi connectivity index (χ0n) is 14.6. The molecule has 1 aromatic heterocycles. The van der Waals surface area contributed by atoms with Gasteiger partial charge in [-0.1, -0.05) is 30.3 Å². The second-order valence-electron chi connectivity index (χ2n) is 5.48. The van der Waals surface area contributed by atoms with Gasteiger partial charge in [0, 0.05) is 17.2 Å². The average molecular weight is 415 g/mol. The molecule has 2 aromatic carbocycles. The van der Waals surface area contributed by atoms with Crippen LogP contribution in [0.5, 0.6) is 11.5 Å². The third-order valence-corrected chi connectivity index (χ3v) is 3.87. The maximum absolute atomic E-state index is 12.5. The van der Waals surface area contributed by atoms with E-state index in [4.69, 9.17) is 9.47 Å². The zero-order valence-corrected chi connectivity index (χ0v) is 16.1. The molecule has 0 unspecified atom stereocenters. The number of halogens is 1. The summed E-state index contributed by atoms with van der Waals surface area (Å²) in [6.45, 7) is 0.206. The Balaban J connectivity index is 0.00000243. The van der Waals surface area contributed by atoms with Gasteiger partial charge in [0.2, 0.25) is 5.78 Å². The summed E-state index contributed by atoms with van der Waals surface area (Å²) in [6, 6.07) is 17.0. The molecule has 0 N–H and O–H groups in total. The number of methoxy groups -OCH3 is 2. The van der Waals surface area contributed by atoms with Crippen LogP contribution in [0.15, 0.2) is 67.1 Å². The Morgan fingerprint density at radius 1 is 1.00 bits per heavy atom. The largest absolute Gasteiger partial charge is 1.00 e. The van der Waals surface area contributed by atoms with Crippen LogP contribution in [-0.4, -0.2) is 25.0 Å². The van der Waals surface area contributed by atoms with Gasteiger partial charge in [-0.2, -0.15) is 0 Å². The van der Waals surface area contributed by atoms with E-state index in [2.05, 4.69) is 4.98 Å². The molecule has 0 aliphatic rings. The van der Waals surface area contributed by atoms with Crippen molar-refractivity contribution >= 4 is 5.78 Å². The van der Waals surface area contributed by atoms with Crippen molar-refractivity contribution in [3.8, 4) is 22.8 Å². The second-order valence-corrected chi connectivity index (χ2v) is 5.48. The smallest absolute Gasteiger partial charge is 0.287 e. The Hall–Kier alpha value is -2.73. The molecule has 0 aliphatic carbocycles. The van der Waals surface area contributed by atoms with Crippen LogP contribution in [0.2, 0.25) is 0 Å². The Kier molecular flexibility index (Phi) is 6.86.